The van der Waals surface area contributed by atoms with Crippen molar-refractivity contribution >= 4 is 58.5 Å². The Kier molecular flexibility index (Phi) is 9.50. The van der Waals surface area contributed by atoms with Crippen molar-refractivity contribution in [3.8, 4) is 0 Å². The number of carbonyl (C=O) groups excluding carboxylic acids is 3. The molecule has 0 saturated carbocycles. The number of anilines is 2. The maximum absolute atomic E-state index is 13.1. The van der Waals surface area contributed by atoms with Crippen LogP contribution in [0.15, 0.2) is 114 Å². The van der Waals surface area contributed by atoms with E-state index in [0.717, 1.165) is 4.90 Å². The molecule has 0 aliphatic carbocycles. The molecule has 0 heterocycles. The second-order valence-corrected chi connectivity index (χ2v) is 9.74. The third kappa shape index (κ3) is 8.56. The largest absolute Gasteiger partial charge is 0.325 e. The number of carbonyl (C=O) groups is 3. The van der Waals surface area contributed by atoms with Crippen molar-refractivity contribution in [1.29, 1.82) is 0 Å². The van der Waals surface area contributed by atoms with Crippen LogP contribution in [-0.2, 0) is 9.59 Å². The summed E-state index contributed by atoms with van der Waals surface area (Å²) in [5.74, 6) is -1.37. The number of hydrogen-bond acceptors (Lipinski definition) is 4. The van der Waals surface area contributed by atoms with Gasteiger partial charge in [-0.1, -0.05) is 41.9 Å². The van der Waals surface area contributed by atoms with Crippen molar-refractivity contribution in [3.05, 3.63) is 131 Å². The van der Waals surface area contributed by atoms with Gasteiger partial charge in [0.05, 0.1) is 5.75 Å². The SMILES string of the molecule is O=C(CSc1ccc(NC(=O)/C(=C/c2ccc(Cl)cc2)NC(=O)c2ccccc2)cc1)Nc1ccc(F)cc1. The van der Waals surface area contributed by atoms with Gasteiger partial charge >= 0.3 is 0 Å². The molecule has 0 aliphatic heterocycles. The Morgan fingerprint density at radius 2 is 1.38 bits per heavy atom. The van der Waals surface area contributed by atoms with Crippen LogP contribution in [0.3, 0.4) is 0 Å². The molecule has 0 aliphatic rings. The lowest BCUT2D eigenvalue weighted by Gasteiger charge is -2.12. The average molecular weight is 560 g/mol. The molecule has 4 aromatic carbocycles. The smallest absolute Gasteiger partial charge is 0.272 e. The van der Waals surface area contributed by atoms with E-state index in [4.69, 9.17) is 11.6 Å². The lowest BCUT2D eigenvalue weighted by atomic mass is 10.1. The molecular weight excluding hydrogens is 537 g/mol. The predicted molar refractivity (Wildman–Crippen MR) is 154 cm³/mol. The van der Waals surface area contributed by atoms with Crippen LogP contribution < -0.4 is 16.0 Å². The van der Waals surface area contributed by atoms with Crippen LogP contribution in [0.1, 0.15) is 15.9 Å². The summed E-state index contributed by atoms with van der Waals surface area (Å²) in [4.78, 5) is 38.9. The van der Waals surface area contributed by atoms with Crippen molar-refractivity contribution in [2.24, 2.45) is 0 Å². The summed E-state index contributed by atoms with van der Waals surface area (Å²) in [7, 11) is 0. The fourth-order valence-electron chi connectivity index (χ4n) is 3.38. The van der Waals surface area contributed by atoms with E-state index in [1.807, 2.05) is 0 Å². The van der Waals surface area contributed by atoms with Gasteiger partial charge in [-0.05, 0) is 84.4 Å². The molecule has 0 atom stereocenters. The van der Waals surface area contributed by atoms with Crippen LogP contribution in [0, 0.1) is 5.82 Å². The fourth-order valence-corrected chi connectivity index (χ4v) is 4.20. The Balaban J connectivity index is 1.39. The van der Waals surface area contributed by atoms with Crippen LogP contribution in [0.25, 0.3) is 6.08 Å². The van der Waals surface area contributed by atoms with Crippen molar-refractivity contribution in [2.75, 3.05) is 16.4 Å². The maximum Gasteiger partial charge on any atom is 0.272 e. The molecule has 3 N–H and O–H groups in total. The van der Waals surface area contributed by atoms with Crippen molar-refractivity contribution in [1.82, 2.24) is 5.32 Å². The summed E-state index contributed by atoms with van der Waals surface area (Å²) < 4.78 is 13.0. The van der Waals surface area contributed by atoms with Gasteiger partial charge in [0.1, 0.15) is 11.5 Å². The fraction of sp³-hybridized carbons (Fsp3) is 0.0333. The molecule has 0 saturated heterocycles. The van der Waals surface area contributed by atoms with E-state index in [9.17, 15) is 18.8 Å². The van der Waals surface area contributed by atoms with Gasteiger partial charge in [0, 0.05) is 26.9 Å². The topological polar surface area (TPSA) is 87.3 Å². The number of hydrogen-bond donors (Lipinski definition) is 3. The molecule has 0 bridgehead atoms. The highest BCUT2D eigenvalue weighted by molar-refractivity contribution is 8.00. The zero-order chi connectivity index (χ0) is 27.6. The van der Waals surface area contributed by atoms with Crippen LogP contribution >= 0.6 is 23.4 Å². The number of benzene rings is 4. The molecule has 0 aromatic heterocycles. The van der Waals surface area contributed by atoms with Crippen LogP contribution in [0.2, 0.25) is 5.02 Å². The Labute approximate surface area is 234 Å². The van der Waals surface area contributed by atoms with Gasteiger partial charge in [-0.15, -0.1) is 11.8 Å². The Morgan fingerprint density at radius 3 is 2.05 bits per heavy atom. The molecule has 196 valence electrons. The molecule has 0 fully saturated rings. The zero-order valence-corrected chi connectivity index (χ0v) is 22.1. The number of nitrogens with one attached hydrogen (secondary N) is 3. The van der Waals surface area contributed by atoms with Gasteiger partial charge in [-0.2, -0.15) is 0 Å². The molecule has 9 heteroatoms. The molecular formula is C30H23ClFN3O3S. The van der Waals surface area contributed by atoms with Crippen molar-refractivity contribution < 1.29 is 18.8 Å². The first-order chi connectivity index (χ1) is 18.9. The molecule has 0 radical (unpaired) electrons. The number of amides is 3. The summed E-state index contributed by atoms with van der Waals surface area (Å²) in [6, 6.07) is 28.0. The normalized spacial score (nSPS) is 11.0. The molecule has 4 aromatic rings. The first kappa shape index (κ1) is 27.6. The second-order valence-electron chi connectivity index (χ2n) is 8.25. The minimum Gasteiger partial charge on any atom is -0.325 e. The van der Waals surface area contributed by atoms with Gasteiger partial charge in [0.15, 0.2) is 0 Å². The van der Waals surface area contributed by atoms with Crippen molar-refractivity contribution in [3.63, 3.8) is 0 Å². The van der Waals surface area contributed by atoms with Crippen molar-refractivity contribution in [2.45, 2.75) is 4.90 Å². The van der Waals surface area contributed by atoms with Crippen LogP contribution in [-0.4, -0.2) is 23.5 Å². The average Bonchev–Trinajstić information content (AvgIpc) is 2.95. The van der Waals surface area contributed by atoms with E-state index in [2.05, 4.69) is 16.0 Å². The zero-order valence-electron chi connectivity index (χ0n) is 20.5. The Morgan fingerprint density at radius 1 is 0.769 bits per heavy atom. The summed E-state index contributed by atoms with van der Waals surface area (Å²) in [6.45, 7) is 0. The van der Waals surface area contributed by atoms with Gasteiger partial charge in [-0.3, -0.25) is 14.4 Å². The lowest BCUT2D eigenvalue weighted by molar-refractivity contribution is -0.114. The minimum absolute atomic E-state index is 0.0575. The van der Waals surface area contributed by atoms with Gasteiger partial charge in [-0.25, -0.2) is 4.39 Å². The quantitative estimate of drug-likeness (QED) is 0.159. The lowest BCUT2D eigenvalue weighted by Crippen LogP contribution is -2.30. The van der Waals surface area contributed by atoms with E-state index in [0.29, 0.717) is 27.5 Å². The van der Waals surface area contributed by atoms with E-state index in [1.165, 1.54) is 36.0 Å². The summed E-state index contributed by atoms with van der Waals surface area (Å²) >= 11 is 7.29. The second kappa shape index (κ2) is 13.4. The molecule has 0 spiro atoms. The third-order valence-corrected chi connectivity index (χ3v) is 6.58. The molecule has 39 heavy (non-hydrogen) atoms. The first-order valence-corrected chi connectivity index (χ1v) is 13.2. The highest BCUT2D eigenvalue weighted by atomic mass is 35.5. The minimum atomic E-state index is -0.506. The van der Waals surface area contributed by atoms with E-state index < -0.39 is 11.8 Å². The molecule has 4 rings (SSSR count). The molecule has 0 unspecified atom stereocenters. The Bertz CT molecular complexity index is 1480. The first-order valence-electron chi connectivity index (χ1n) is 11.8. The maximum atomic E-state index is 13.1. The number of halogens is 2. The van der Waals surface area contributed by atoms with E-state index in [1.54, 1.807) is 84.9 Å². The number of thioether (sulfide) groups is 1. The van der Waals surface area contributed by atoms with Crippen LogP contribution in [0.4, 0.5) is 15.8 Å². The van der Waals surface area contributed by atoms with E-state index in [-0.39, 0.29) is 23.2 Å². The summed E-state index contributed by atoms with van der Waals surface area (Å²) in [6.07, 6.45) is 1.57. The van der Waals surface area contributed by atoms with Gasteiger partial charge in [0.25, 0.3) is 11.8 Å². The summed E-state index contributed by atoms with van der Waals surface area (Å²) in [5, 5.41) is 8.75. The highest BCUT2D eigenvalue weighted by Crippen LogP contribution is 2.21. The highest BCUT2D eigenvalue weighted by Gasteiger charge is 2.15. The summed E-state index contributed by atoms with van der Waals surface area (Å²) in [5.41, 5.74) is 2.18. The molecule has 3 amide bonds. The van der Waals surface area contributed by atoms with Gasteiger partial charge in [0.2, 0.25) is 5.91 Å². The van der Waals surface area contributed by atoms with Crippen LogP contribution in [0.5, 0.6) is 0 Å². The standard InChI is InChI=1S/C30H23ClFN3O3S/c31-22-8-6-20(7-9-22)18-27(35-29(37)21-4-2-1-3-5-21)30(38)34-25-14-16-26(17-15-25)39-19-28(36)33-24-12-10-23(32)11-13-24/h1-18H,19H2,(H,33,36)(H,34,38)(H,35,37)/b27-18-. The molecule has 6 nitrogen and oxygen atoms in total. The van der Waals surface area contributed by atoms with Gasteiger partial charge < -0.3 is 16.0 Å². The monoisotopic (exact) mass is 559 g/mol. The Hall–Kier alpha value is -4.40. The number of rotatable bonds is 9. The predicted octanol–water partition coefficient (Wildman–Crippen LogP) is 6.62. The van der Waals surface area contributed by atoms with E-state index >= 15 is 0 Å². The third-order valence-electron chi connectivity index (χ3n) is 5.32.